The molecule has 2 N–H and O–H groups in total. The fraction of sp³-hybridized carbons (Fsp3) is 0.500. The third kappa shape index (κ3) is 6.95. The molecule has 7 nitrogen and oxygen atoms in total. The molecule has 1 heterocycles. The van der Waals surface area contributed by atoms with Gasteiger partial charge in [0.1, 0.15) is 6.04 Å². The average Bonchev–Trinajstić information content (AvgIpc) is 2.86. The Balaban J connectivity index is 1.80. The quantitative estimate of drug-likeness (QED) is 0.526. The molecule has 0 spiro atoms. The molecule has 0 unspecified atom stereocenters. The molecule has 0 aliphatic carbocycles. The summed E-state index contributed by atoms with van der Waals surface area (Å²) in [5, 5.41) is 5.76. The van der Waals surface area contributed by atoms with Crippen LogP contribution in [-0.2, 0) is 26.2 Å². The highest BCUT2D eigenvalue weighted by Gasteiger charge is 2.40. The van der Waals surface area contributed by atoms with Gasteiger partial charge >= 0.3 is 0 Å². The zero-order valence-corrected chi connectivity index (χ0v) is 22.8. The van der Waals surface area contributed by atoms with E-state index in [9.17, 15) is 18.0 Å². The topological polar surface area (TPSA) is 95.6 Å². The summed E-state index contributed by atoms with van der Waals surface area (Å²) < 4.78 is 28.5. The Morgan fingerprint density at radius 3 is 2.00 bits per heavy atom. The van der Waals surface area contributed by atoms with E-state index in [2.05, 4.69) is 38.3 Å². The second kappa shape index (κ2) is 12.0. The third-order valence-corrected chi connectivity index (χ3v) is 8.79. The summed E-state index contributed by atoms with van der Waals surface area (Å²) >= 11 is 0. The highest BCUT2D eigenvalue weighted by atomic mass is 32.2. The normalized spacial score (nSPS) is 18.9. The van der Waals surface area contributed by atoms with Crippen LogP contribution in [-0.4, -0.2) is 43.7 Å². The lowest BCUT2D eigenvalue weighted by Crippen LogP contribution is -2.54. The van der Waals surface area contributed by atoms with Gasteiger partial charge in [0.15, 0.2) is 0 Å². The second-order valence-corrected chi connectivity index (χ2v) is 12.2. The fourth-order valence-electron chi connectivity index (χ4n) is 4.50. The summed E-state index contributed by atoms with van der Waals surface area (Å²) in [6.07, 6.45) is 0.922. The van der Waals surface area contributed by atoms with Crippen molar-refractivity contribution in [3.63, 3.8) is 0 Å². The molecular formula is C28H39N3O4S. The van der Waals surface area contributed by atoms with Crippen LogP contribution in [0.4, 0.5) is 0 Å². The van der Waals surface area contributed by atoms with Crippen molar-refractivity contribution in [2.45, 2.75) is 76.8 Å². The first-order valence-electron chi connectivity index (χ1n) is 12.7. The number of hydrogen-bond acceptors (Lipinski definition) is 4. The number of sulfonamides is 1. The van der Waals surface area contributed by atoms with Crippen molar-refractivity contribution in [3.8, 4) is 0 Å². The first-order chi connectivity index (χ1) is 17.0. The van der Waals surface area contributed by atoms with Gasteiger partial charge in [0.2, 0.25) is 21.8 Å². The van der Waals surface area contributed by atoms with E-state index >= 15 is 0 Å². The van der Waals surface area contributed by atoms with E-state index in [1.165, 1.54) is 16.8 Å². The summed E-state index contributed by atoms with van der Waals surface area (Å²) in [7, 11) is -3.87. The Bertz CT molecular complexity index is 1140. The number of benzene rings is 2. The smallest absolute Gasteiger partial charge is 0.243 e. The van der Waals surface area contributed by atoms with E-state index in [-0.39, 0.29) is 29.2 Å². The Hall–Kier alpha value is -2.71. The molecule has 0 saturated carbocycles. The van der Waals surface area contributed by atoms with Crippen LogP contribution >= 0.6 is 0 Å². The van der Waals surface area contributed by atoms with Gasteiger partial charge < -0.3 is 10.6 Å². The van der Waals surface area contributed by atoms with Crippen molar-refractivity contribution in [1.29, 1.82) is 0 Å². The number of rotatable bonds is 9. The van der Waals surface area contributed by atoms with Crippen LogP contribution in [0.5, 0.6) is 0 Å². The molecule has 1 aliphatic rings. The zero-order chi connectivity index (χ0) is 26.5. The minimum absolute atomic E-state index is 0.0183. The molecule has 0 aromatic heterocycles. The van der Waals surface area contributed by atoms with Crippen LogP contribution in [0.3, 0.4) is 0 Å². The first-order valence-corrected chi connectivity index (χ1v) is 14.2. The molecule has 2 atom stereocenters. The zero-order valence-electron chi connectivity index (χ0n) is 22.0. The molecule has 1 fully saturated rings. The molecule has 36 heavy (non-hydrogen) atoms. The first kappa shape index (κ1) is 27.9. The van der Waals surface area contributed by atoms with Gasteiger partial charge in [-0.15, -0.1) is 0 Å². The molecule has 1 saturated heterocycles. The van der Waals surface area contributed by atoms with Crippen molar-refractivity contribution in [2.75, 3.05) is 13.1 Å². The molecule has 8 heteroatoms. The van der Waals surface area contributed by atoms with Gasteiger partial charge in [0.25, 0.3) is 0 Å². The lowest BCUT2D eigenvalue weighted by Gasteiger charge is -2.37. The molecule has 196 valence electrons. The number of piperidine rings is 1. The van der Waals surface area contributed by atoms with Crippen molar-refractivity contribution >= 4 is 21.8 Å². The summed E-state index contributed by atoms with van der Waals surface area (Å²) in [4.78, 5) is 25.0. The van der Waals surface area contributed by atoms with Gasteiger partial charge in [0.05, 0.1) is 4.90 Å². The average molecular weight is 514 g/mol. The Morgan fingerprint density at radius 1 is 0.917 bits per heavy atom. The van der Waals surface area contributed by atoms with E-state index in [4.69, 9.17) is 0 Å². The minimum Gasteiger partial charge on any atom is -0.356 e. The van der Waals surface area contributed by atoms with Gasteiger partial charge in [0, 0.05) is 26.6 Å². The van der Waals surface area contributed by atoms with Crippen LogP contribution in [0.25, 0.3) is 0 Å². The molecule has 0 radical (unpaired) electrons. The lowest BCUT2D eigenvalue weighted by molar-refractivity contribution is -0.126. The van der Waals surface area contributed by atoms with Gasteiger partial charge in [-0.3, -0.25) is 9.59 Å². The predicted octanol–water partition coefficient (Wildman–Crippen LogP) is 4.16. The van der Waals surface area contributed by atoms with Crippen molar-refractivity contribution in [3.05, 3.63) is 65.2 Å². The molecule has 0 bridgehead atoms. The summed E-state index contributed by atoms with van der Waals surface area (Å²) in [5.74, 6) is 0.271. The number of carbonyl (C=O) groups excluding carboxylic acids is 2. The van der Waals surface area contributed by atoms with E-state index in [0.717, 1.165) is 11.1 Å². The number of nitrogens with zero attached hydrogens (tertiary/aromatic N) is 1. The van der Waals surface area contributed by atoms with Gasteiger partial charge in [-0.2, -0.15) is 4.31 Å². The Kier molecular flexibility index (Phi) is 9.30. The van der Waals surface area contributed by atoms with Gasteiger partial charge in [-0.1, -0.05) is 64.1 Å². The monoisotopic (exact) mass is 513 g/mol. The van der Waals surface area contributed by atoms with E-state index in [1.54, 1.807) is 12.1 Å². The fourth-order valence-corrected chi connectivity index (χ4v) is 6.12. The summed E-state index contributed by atoms with van der Waals surface area (Å²) in [6.45, 7) is 10.8. The minimum atomic E-state index is -3.87. The number of nitrogens with one attached hydrogen (secondary N) is 2. The van der Waals surface area contributed by atoms with Crippen LogP contribution in [0, 0.1) is 5.92 Å². The number of amides is 2. The summed E-state index contributed by atoms with van der Waals surface area (Å²) in [6, 6.07) is 14.1. The Labute approximate surface area is 215 Å². The number of hydrogen-bond donors (Lipinski definition) is 2. The van der Waals surface area contributed by atoms with Crippen LogP contribution < -0.4 is 10.6 Å². The molecule has 2 aromatic carbocycles. The highest BCUT2D eigenvalue weighted by Crippen LogP contribution is 2.29. The lowest BCUT2D eigenvalue weighted by atomic mass is 9.91. The van der Waals surface area contributed by atoms with E-state index < -0.39 is 16.1 Å². The molecule has 2 aromatic rings. The maximum Gasteiger partial charge on any atom is 0.243 e. The number of carbonyl (C=O) groups is 2. The molecule has 1 aliphatic heterocycles. The van der Waals surface area contributed by atoms with Crippen LogP contribution in [0.15, 0.2) is 53.4 Å². The van der Waals surface area contributed by atoms with Crippen LogP contribution in [0.1, 0.15) is 76.0 Å². The predicted molar refractivity (Wildman–Crippen MR) is 142 cm³/mol. The molecule has 3 rings (SSSR count). The molecule has 2 amide bonds. The maximum atomic E-state index is 13.6. The maximum absolute atomic E-state index is 13.6. The Morgan fingerprint density at radius 2 is 1.47 bits per heavy atom. The second-order valence-electron chi connectivity index (χ2n) is 10.3. The van der Waals surface area contributed by atoms with Crippen molar-refractivity contribution < 1.29 is 18.0 Å². The van der Waals surface area contributed by atoms with E-state index in [1.807, 2.05) is 36.4 Å². The standard InChI is InChI=1S/C28H39N3O4S/c1-19(2)24-8-6-22(7-9-24)17-30-28(33)27-16-23(18-29-21(5)32)14-15-31(27)36(34,35)26-12-10-25(11-13-26)20(3)4/h6-13,19-20,23,27H,14-18H2,1-5H3,(H,29,32)(H,30,33)/t23-,27-/m1/s1. The van der Waals surface area contributed by atoms with Crippen molar-refractivity contribution in [1.82, 2.24) is 14.9 Å². The third-order valence-electron chi connectivity index (χ3n) is 6.87. The largest absolute Gasteiger partial charge is 0.356 e. The highest BCUT2D eigenvalue weighted by molar-refractivity contribution is 7.89. The molecular weight excluding hydrogens is 474 g/mol. The van der Waals surface area contributed by atoms with Gasteiger partial charge in [-0.05, 0) is 59.4 Å². The summed E-state index contributed by atoms with van der Waals surface area (Å²) in [5.41, 5.74) is 3.23. The van der Waals surface area contributed by atoms with Crippen molar-refractivity contribution in [2.24, 2.45) is 5.92 Å². The van der Waals surface area contributed by atoms with Gasteiger partial charge in [-0.25, -0.2) is 8.42 Å². The van der Waals surface area contributed by atoms with E-state index in [0.29, 0.717) is 37.8 Å². The van der Waals surface area contributed by atoms with Crippen LogP contribution in [0.2, 0.25) is 0 Å². The SMILES string of the molecule is CC(=O)NC[C@@H]1CCN(S(=O)(=O)c2ccc(C(C)C)cc2)[C@@H](C(=O)NCc2ccc(C(C)C)cc2)C1.